The van der Waals surface area contributed by atoms with Gasteiger partial charge in [-0.05, 0) is 35.9 Å². The number of hydrogen-bond acceptors (Lipinski definition) is 5. The predicted octanol–water partition coefficient (Wildman–Crippen LogP) is 4.75. The Balaban J connectivity index is 1.46. The molecule has 1 unspecified atom stereocenters. The number of rotatable bonds is 5. The first-order valence-electron chi connectivity index (χ1n) is 9.01. The fourth-order valence-electron chi connectivity index (χ4n) is 3.13. The molecule has 0 radical (unpaired) electrons. The zero-order valence-electron chi connectivity index (χ0n) is 15.5. The number of benzene rings is 2. The Kier molecular flexibility index (Phi) is 5.18. The summed E-state index contributed by atoms with van der Waals surface area (Å²) in [5.41, 5.74) is 1.42. The van der Waals surface area contributed by atoms with E-state index in [4.69, 9.17) is 20.8 Å². The highest BCUT2D eigenvalue weighted by Gasteiger charge is 2.20. The van der Waals surface area contributed by atoms with E-state index in [9.17, 15) is 9.59 Å². The SMILES string of the molecule is CC(OC(=O)Cc1coc2ccc3ccccc3c12)C(=O)Nc1ccc(Cl)cn1. The van der Waals surface area contributed by atoms with Crippen LogP contribution in [0.4, 0.5) is 5.82 Å². The summed E-state index contributed by atoms with van der Waals surface area (Å²) in [7, 11) is 0. The Morgan fingerprint density at radius 3 is 2.79 bits per heavy atom. The van der Waals surface area contributed by atoms with Gasteiger partial charge in [-0.1, -0.05) is 41.9 Å². The maximum absolute atomic E-state index is 12.4. The second kappa shape index (κ2) is 7.93. The smallest absolute Gasteiger partial charge is 0.311 e. The van der Waals surface area contributed by atoms with Crippen LogP contribution in [0.1, 0.15) is 12.5 Å². The van der Waals surface area contributed by atoms with Crippen molar-refractivity contribution in [3.8, 4) is 0 Å². The van der Waals surface area contributed by atoms with Crippen LogP contribution >= 0.6 is 11.6 Å². The van der Waals surface area contributed by atoms with Gasteiger partial charge in [-0.25, -0.2) is 4.98 Å². The van der Waals surface area contributed by atoms with E-state index in [1.165, 1.54) is 13.1 Å². The van der Waals surface area contributed by atoms with Crippen LogP contribution in [0, 0.1) is 0 Å². The van der Waals surface area contributed by atoms with Crippen molar-refractivity contribution >= 4 is 51.0 Å². The molecule has 2 heterocycles. The number of pyridine rings is 1. The van der Waals surface area contributed by atoms with Gasteiger partial charge in [0.05, 0.1) is 17.7 Å². The molecule has 2 aromatic carbocycles. The summed E-state index contributed by atoms with van der Waals surface area (Å²) in [6.45, 7) is 1.51. The zero-order valence-corrected chi connectivity index (χ0v) is 16.3. The number of esters is 1. The molecule has 0 fully saturated rings. The van der Waals surface area contributed by atoms with Gasteiger partial charge in [0.15, 0.2) is 6.10 Å². The number of carbonyl (C=O) groups is 2. The highest BCUT2D eigenvalue weighted by Crippen LogP contribution is 2.30. The first kappa shape index (κ1) is 19.0. The van der Waals surface area contributed by atoms with Gasteiger partial charge in [-0.3, -0.25) is 9.59 Å². The van der Waals surface area contributed by atoms with Crippen LogP contribution in [-0.2, 0) is 20.7 Å². The molecule has 0 aliphatic heterocycles. The van der Waals surface area contributed by atoms with Gasteiger partial charge < -0.3 is 14.5 Å². The lowest BCUT2D eigenvalue weighted by Crippen LogP contribution is -2.30. The van der Waals surface area contributed by atoms with Crippen molar-refractivity contribution in [2.24, 2.45) is 0 Å². The molecule has 4 aromatic rings. The van der Waals surface area contributed by atoms with Gasteiger partial charge in [-0.2, -0.15) is 0 Å². The highest BCUT2D eigenvalue weighted by molar-refractivity contribution is 6.30. The number of aromatic nitrogens is 1. The second-order valence-corrected chi connectivity index (χ2v) is 7.02. The molecule has 6 nitrogen and oxygen atoms in total. The maximum Gasteiger partial charge on any atom is 0.311 e. The van der Waals surface area contributed by atoms with E-state index in [-0.39, 0.29) is 6.42 Å². The molecule has 0 aliphatic rings. The number of hydrogen-bond donors (Lipinski definition) is 1. The molecule has 0 saturated carbocycles. The van der Waals surface area contributed by atoms with Crippen LogP contribution in [0.2, 0.25) is 5.02 Å². The van der Waals surface area contributed by atoms with Gasteiger partial charge in [0.25, 0.3) is 5.91 Å². The first-order chi connectivity index (χ1) is 14.0. The molecule has 1 atom stereocenters. The van der Waals surface area contributed by atoms with E-state index in [0.29, 0.717) is 22.0 Å². The summed E-state index contributed by atoms with van der Waals surface area (Å²) in [5.74, 6) is -0.669. The molecule has 29 heavy (non-hydrogen) atoms. The number of furan rings is 1. The Morgan fingerprint density at radius 2 is 2.00 bits per heavy atom. The van der Waals surface area contributed by atoms with E-state index >= 15 is 0 Å². The van der Waals surface area contributed by atoms with Crippen molar-refractivity contribution in [2.45, 2.75) is 19.4 Å². The minimum Gasteiger partial charge on any atom is -0.464 e. The molecule has 0 saturated heterocycles. The summed E-state index contributed by atoms with van der Waals surface area (Å²) in [4.78, 5) is 28.7. The number of halogens is 1. The topological polar surface area (TPSA) is 81.4 Å². The molecule has 146 valence electrons. The minimum atomic E-state index is -0.977. The summed E-state index contributed by atoms with van der Waals surface area (Å²) in [5, 5.41) is 5.98. The molecule has 0 bridgehead atoms. The summed E-state index contributed by atoms with van der Waals surface area (Å²) in [6, 6.07) is 14.9. The third kappa shape index (κ3) is 4.07. The molecule has 1 amide bonds. The van der Waals surface area contributed by atoms with Crippen molar-refractivity contribution in [3.63, 3.8) is 0 Å². The van der Waals surface area contributed by atoms with Gasteiger partial charge in [0.1, 0.15) is 11.4 Å². The van der Waals surface area contributed by atoms with Crippen LogP contribution < -0.4 is 5.32 Å². The molecule has 1 N–H and O–H groups in total. The van der Waals surface area contributed by atoms with Crippen LogP contribution in [0.25, 0.3) is 21.7 Å². The average molecular weight is 409 g/mol. The molecule has 4 rings (SSSR count). The Hall–Kier alpha value is -3.38. The molecule has 7 heteroatoms. The van der Waals surface area contributed by atoms with E-state index in [1.807, 2.05) is 36.4 Å². The number of nitrogens with zero attached hydrogens (tertiary/aromatic N) is 1. The van der Waals surface area contributed by atoms with E-state index in [1.54, 1.807) is 18.4 Å². The van der Waals surface area contributed by atoms with Gasteiger partial charge in [0.2, 0.25) is 0 Å². The molecular formula is C22H17ClN2O4. The quantitative estimate of drug-likeness (QED) is 0.482. The number of amides is 1. The van der Waals surface area contributed by atoms with E-state index in [2.05, 4.69) is 10.3 Å². The van der Waals surface area contributed by atoms with E-state index < -0.39 is 18.0 Å². The normalized spacial score (nSPS) is 12.1. The molecule has 0 spiro atoms. The van der Waals surface area contributed by atoms with Crippen LogP contribution in [0.3, 0.4) is 0 Å². The Labute approximate surface area is 171 Å². The lowest BCUT2D eigenvalue weighted by atomic mass is 10.0. The van der Waals surface area contributed by atoms with Crippen LogP contribution in [0.5, 0.6) is 0 Å². The Morgan fingerprint density at radius 1 is 1.17 bits per heavy atom. The maximum atomic E-state index is 12.4. The van der Waals surface area contributed by atoms with Crippen molar-refractivity contribution in [2.75, 3.05) is 5.32 Å². The third-order valence-electron chi connectivity index (χ3n) is 4.53. The standard InChI is InChI=1S/C22H17ClN2O4/c1-13(22(27)25-19-9-7-16(23)11-24-19)29-20(26)10-15-12-28-18-8-6-14-4-2-3-5-17(14)21(15)18/h2-9,11-13H,10H2,1H3,(H,24,25,27). The van der Waals surface area contributed by atoms with Crippen molar-refractivity contribution in [1.29, 1.82) is 0 Å². The minimum absolute atomic E-state index is 0.00216. The Bertz CT molecular complexity index is 1200. The third-order valence-corrected chi connectivity index (χ3v) is 4.75. The first-order valence-corrected chi connectivity index (χ1v) is 9.39. The predicted molar refractivity (Wildman–Crippen MR) is 111 cm³/mol. The fourth-order valence-corrected chi connectivity index (χ4v) is 3.24. The highest BCUT2D eigenvalue weighted by atomic mass is 35.5. The molecule has 0 aliphatic carbocycles. The fraction of sp³-hybridized carbons (Fsp3) is 0.136. The van der Waals surface area contributed by atoms with Gasteiger partial charge >= 0.3 is 5.97 Å². The number of nitrogens with one attached hydrogen (secondary N) is 1. The number of fused-ring (bicyclic) bond motifs is 3. The number of carbonyl (C=O) groups excluding carboxylic acids is 2. The summed E-state index contributed by atoms with van der Waals surface area (Å²) >= 11 is 5.77. The lowest BCUT2D eigenvalue weighted by Gasteiger charge is -2.13. The van der Waals surface area contributed by atoms with Crippen molar-refractivity contribution in [3.05, 3.63) is 71.6 Å². The number of ether oxygens (including phenoxy) is 1. The summed E-state index contributed by atoms with van der Waals surface area (Å²) in [6.07, 6.45) is 2.00. The average Bonchev–Trinajstić information content (AvgIpc) is 3.12. The lowest BCUT2D eigenvalue weighted by molar-refractivity contribution is -0.152. The van der Waals surface area contributed by atoms with Crippen LogP contribution in [0.15, 0.2) is 65.4 Å². The zero-order chi connectivity index (χ0) is 20.4. The van der Waals surface area contributed by atoms with Gasteiger partial charge in [0, 0.05) is 17.1 Å². The van der Waals surface area contributed by atoms with Crippen LogP contribution in [-0.4, -0.2) is 23.0 Å². The number of anilines is 1. The molecular weight excluding hydrogens is 392 g/mol. The largest absolute Gasteiger partial charge is 0.464 e. The summed E-state index contributed by atoms with van der Waals surface area (Å²) < 4.78 is 10.9. The van der Waals surface area contributed by atoms with Crippen molar-refractivity contribution < 1.29 is 18.7 Å². The van der Waals surface area contributed by atoms with Crippen molar-refractivity contribution in [1.82, 2.24) is 4.98 Å². The monoisotopic (exact) mass is 408 g/mol. The second-order valence-electron chi connectivity index (χ2n) is 6.58. The molecule has 2 aromatic heterocycles. The van der Waals surface area contributed by atoms with Gasteiger partial charge in [-0.15, -0.1) is 0 Å². The van der Waals surface area contributed by atoms with E-state index in [0.717, 1.165) is 16.2 Å².